The third-order valence-electron chi connectivity index (χ3n) is 4.59. The van der Waals surface area contributed by atoms with Gasteiger partial charge in [-0.05, 0) is 36.1 Å². The number of nitrogens with zero attached hydrogens (tertiary/aromatic N) is 3. The molecule has 0 spiro atoms. The number of H-pyrrole nitrogens is 1. The third-order valence-corrected chi connectivity index (χ3v) is 4.59. The summed E-state index contributed by atoms with van der Waals surface area (Å²) >= 11 is 0. The molecule has 1 aromatic carbocycles. The van der Waals surface area contributed by atoms with E-state index in [1.807, 2.05) is 36.5 Å². The first-order chi connectivity index (χ1) is 12.7. The van der Waals surface area contributed by atoms with Crippen molar-refractivity contribution in [3.05, 3.63) is 48.2 Å². The van der Waals surface area contributed by atoms with Crippen LogP contribution in [-0.2, 0) is 4.79 Å². The predicted octanol–water partition coefficient (Wildman–Crippen LogP) is 3.45. The van der Waals surface area contributed by atoms with Crippen LogP contribution in [0.2, 0.25) is 0 Å². The topological polar surface area (TPSA) is 89.8 Å². The van der Waals surface area contributed by atoms with Crippen LogP contribution in [0.5, 0.6) is 0 Å². The van der Waals surface area contributed by atoms with Crippen LogP contribution < -0.4 is 4.90 Å². The Morgan fingerprint density at radius 2 is 2.08 bits per heavy atom. The molecule has 0 atom stereocenters. The Balaban J connectivity index is 1.78. The quantitative estimate of drug-likeness (QED) is 0.548. The van der Waals surface area contributed by atoms with Gasteiger partial charge in [0.1, 0.15) is 11.5 Å². The number of pyridine rings is 1. The fraction of sp³-hybridized carbons (Fsp3) is 0.200. The van der Waals surface area contributed by atoms with Crippen molar-refractivity contribution < 1.29 is 9.59 Å². The van der Waals surface area contributed by atoms with E-state index in [0.717, 1.165) is 41.4 Å². The van der Waals surface area contributed by atoms with E-state index >= 15 is 0 Å². The Morgan fingerprint density at radius 1 is 1.31 bits per heavy atom. The van der Waals surface area contributed by atoms with E-state index in [9.17, 15) is 9.59 Å². The lowest BCUT2D eigenvalue weighted by Crippen LogP contribution is -2.24. The average molecular weight is 344 g/mol. The van der Waals surface area contributed by atoms with Crippen LogP contribution in [0.4, 0.5) is 5.82 Å². The number of nitrogens with one attached hydrogen (secondary N) is 1. The maximum absolute atomic E-state index is 11.8. The zero-order valence-corrected chi connectivity index (χ0v) is 14.0. The smallest absolute Gasteiger partial charge is 0.215 e. The molecular weight excluding hydrogens is 328 g/mol. The van der Waals surface area contributed by atoms with Crippen molar-refractivity contribution in [2.75, 3.05) is 4.90 Å². The van der Waals surface area contributed by atoms with Gasteiger partial charge < -0.3 is 4.98 Å². The number of Topliss-reactive ketones (excluding diaryl/α,β-unsaturated/α-hetero) is 1. The van der Waals surface area contributed by atoms with Crippen LogP contribution in [0, 0.1) is 11.3 Å². The van der Waals surface area contributed by atoms with Crippen LogP contribution in [-0.4, -0.2) is 28.2 Å². The first-order valence-electron chi connectivity index (χ1n) is 8.43. The maximum atomic E-state index is 11.8. The summed E-state index contributed by atoms with van der Waals surface area (Å²) in [5.74, 6) is 0.430. The summed E-state index contributed by atoms with van der Waals surface area (Å²) in [6.07, 6.45) is 4.51. The molecule has 0 saturated heterocycles. The molecule has 6 nitrogen and oxygen atoms in total. The highest BCUT2D eigenvalue weighted by molar-refractivity contribution is 5.99. The van der Waals surface area contributed by atoms with Crippen molar-refractivity contribution in [3.8, 4) is 17.2 Å². The number of ketones is 1. The summed E-state index contributed by atoms with van der Waals surface area (Å²) in [6, 6.07) is 13.1. The van der Waals surface area contributed by atoms with Crippen molar-refractivity contribution in [2.24, 2.45) is 0 Å². The number of hydrogen-bond acceptors (Lipinski definition) is 4. The van der Waals surface area contributed by atoms with Crippen molar-refractivity contribution in [1.82, 2.24) is 9.97 Å². The van der Waals surface area contributed by atoms with Crippen molar-refractivity contribution in [3.63, 3.8) is 0 Å². The molecular formula is C20H16N4O2. The number of rotatable bonds is 6. The number of benzene rings is 1. The average Bonchev–Trinajstić information content (AvgIpc) is 3.38. The second-order valence-electron chi connectivity index (χ2n) is 6.35. The van der Waals surface area contributed by atoms with E-state index in [1.165, 1.54) is 0 Å². The number of nitriles is 1. The summed E-state index contributed by atoms with van der Waals surface area (Å²) in [5, 5.41) is 9.62. The lowest BCUT2D eigenvalue weighted by atomic mass is 10.00. The molecule has 1 aliphatic rings. The van der Waals surface area contributed by atoms with Gasteiger partial charge in [-0.15, -0.1) is 0 Å². The molecule has 1 N–H and O–H groups in total. The predicted molar refractivity (Wildman–Crippen MR) is 97.7 cm³/mol. The van der Waals surface area contributed by atoms with E-state index in [0.29, 0.717) is 11.4 Å². The van der Waals surface area contributed by atoms with Crippen LogP contribution in [0.15, 0.2) is 42.6 Å². The fourth-order valence-corrected chi connectivity index (χ4v) is 3.08. The Morgan fingerprint density at radius 3 is 2.73 bits per heavy atom. The van der Waals surface area contributed by atoms with Gasteiger partial charge in [0, 0.05) is 23.2 Å². The molecule has 1 amide bonds. The molecule has 1 saturated carbocycles. The zero-order valence-electron chi connectivity index (χ0n) is 14.0. The molecule has 3 aromatic rings. The molecule has 0 radical (unpaired) electrons. The number of amides is 1. The Labute approximate surface area is 150 Å². The largest absolute Gasteiger partial charge is 0.346 e. The zero-order chi connectivity index (χ0) is 18.1. The first kappa shape index (κ1) is 16.0. The Kier molecular flexibility index (Phi) is 3.98. The number of aromatic amines is 1. The van der Waals surface area contributed by atoms with E-state index in [1.54, 1.807) is 17.0 Å². The second kappa shape index (κ2) is 6.45. The van der Waals surface area contributed by atoms with E-state index in [4.69, 9.17) is 5.26 Å². The lowest BCUT2D eigenvalue weighted by molar-refractivity contribution is -0.107. The minimum absolute atomic E-state index is 0.128. The van der Waals surface area contributed by atoms with E-state index in [2.05, 4.69) is 9.97 Å². The van der Waals surface area contributed by atoms with Gasteiger partial charge >= 0.3 is 0 Å². The molecule has 4 rings (SSSR count). The Hall–Kier alpha value is -3.46. The monoisotopic (exact) mass is 344 g/mol. The highest BCUT2D eigenvalue weighted by Crippen LogP contribution is 2.35. The Bertz CT molecular complexity index is 1030. The molecule has 0 unspecified atom stereocenters. The number of fused-ring (bicyclic) bond motifs is 1. The van der Waals surface area contributed by atoms with Crippen molar-refractivity contribution in [1.29, 1.82) is 5.26 Å². The van der Waals surface area contributed by atoms with Gasteiger partial charge in [-0.2, -0.15) is 5.26 Å². The van der Waals surface area contributed by atoms with Gasteiger partial charge in [-0.25, -0.2) is 4.98 Å². The van der Waals surface area contributed by atoms with Crippen LogP contribution in [0.3, 0.4) is 0 Å². The highest BCUT2D eigenvalue weighted by atomic mass is 16.1. The molecule has 0 aliphatic heterocycles. The summed E-state index contributed by atoms with van der Waals surface area (Å²) in [6.45, 7) is 0. The summed E-state index contributed by atoms with van der Waals surface area (Å²) in [7, 11) is 0. The van der Waals surface area contributed by atoms with E-state index in [-0.39, 0.29) is 18.2 Å². The standard InChI is InChI=1S/C20H16N4O2/c21-9-7-18(26)14-3-1-13(2-4-14)17-11-19(24(12-25)15-5-6-15)23-20-16(17)8-10-22-20/h1-4,8,10-12,15H,5-7H2,(H,22,23). The third kappa shape index (κ3) is 2.84. The van der Waals surface area contributed by atoms with Crippen molar-refractivity contribution in [2.45, 2.75) is 25.3 Å². The van der Waals surface area contributed by atoms with Gasteiger partial charge in [0.25, 0.3) is 0 Å². The molecule has 6 heteroatoms. The molecule has 128 valence electrons. The number of carbonyl (C=O) groups excluding carboxylic acids is 2. The normalized spacial score (nSPS) is 13.3. The molecule has 2 aromatic heterocycles. The number of anilines is 1. The fourth-order valence-electron chi connectivity index (χ4n) is 3.08. The molecule has 1 fully saturated rings. The van der Waals surface area contributed by atoms with Crippen LogP contribution in [0.1, 0.15) is 29.6 Å². The SMILES string of the molecule is N#CCC(=O)c1ccc(-c2cc(N(C=O)C3CC3)nc3[nH]ccc23)cc1. The molecule has 1 aliphatic carbocycles. The van der Waals surface area contributed by atoms with Crippen molar-refractivity contribution >= 4 is 29.0 Å². The maximum Gasteiger partial charge on any atom is 0.215 e. The summed E-state index contributed by atoms with van der Waals surface area (Å²) < 4.78 is 0. The molecule has 0 bridgehead atoms. The van der Waals surface area contributed by atoms with Gasteiger partial charge in [0.15, 0.2) is 5.78 Å². The highest BCUT2D eigenvalue weighted by Gasteiger charge is 2.30. The van der Waals surface area contributed by atoms with Crippen LogP contribution in [0.25, 0.3) is 22.2 Å². The van der Waals surface area contributed by atoms with E-state index < -0.39 is 0 Å². The van der Waals surface area contributed by atoms with Gasteiger partial charge in [0.05, 0.1) is 12.5 Å². The second-order valence-corrected chi connectivity index (χ2v) is 6.35. The minimum Gasteiger partial charge on any atom is -0.346 e. The first-order valence-corrected chi connectivity index (χ1v) is 8.43. The number of aromatic nitrogens is 2. The minimum atomic E-state index is -0.192. The molecule has 2 heterocycles. The van der Waals surface area contributed by atoms with Crippen LogP contribution >= 0.6 is 0 Å². The van der Waals surface area contributed by atoms with Gasteiger partial charge in [0.2, 0.25) is 6.41 Å². The molecule has 26 heavy (non-hydrogen) atoms. The number of hydrogen-bond donors (Lipinski definition) is 1. The number of carbonyl (C=O) groups is 2. The lowest BCUT2D eigenvalue weighted by Gasteiger charge is -2.17. The van der Waals surface area contributed by atoms with Gasteiger partial charge in [-0.1, -0.05) is 24.3 Å². The summed E-state index contributed by atoms with van der Waals surface area (Å²) in [5.41, 5.74) is 3.10. The summed E-state index contributed by atoms with van der Waals surface area (Å²) in [4.78, 5) is 32.7. The van der Waals surface area contributed by atoms with Gasteiger partial charge in [-0.3, -0.25) is 14.5 Å².